The van der Waals surface area contributed by atoms with Crippen molar-refractivity contribution in [3.8, 4) is 0 Å². The smallest absolute Gasteiger partial charge is 0.134 e. The van der Waals surface area contributed by atoms with E-state index in [-0.39, 0.29) is 0 Å². The third-order valence-electron chi connectivity index (χ3n) is 5.33. The molecule has 1 N–H and O–H groups in total. The molecule has 3 rings (SSSR count). The number of nitrogens with one attached hydrogen (secondary N) is 1. The first kappa shape index (κ1) is 14.8. The molecule has 2 aliphatic rings. The van der Waals surface area contributed by atoms with Crippen LogP contribution in [0.1, 0.15) is 82.7 Å². The fraction of sp³-hybridized carbons (Fsp3) is 0.778. The summed E-state index contributed by atoms with van der Waals surface area (Å²) in [6.45, 7) is 7.13. The highest BCUT2D eigenvalue weighted by atomic mass is 15.0. The van der Waals surface area contributed by atoms with E-state index in [0.717, 1.165) is 17.6 Å². The van der Waals surface area contributed by atoms with Crippen molar-refractivity contribution in [2.45, 2.75) is 71.1 Å². The lowest BCUT2D eigenvalue weighted by molar-refractivity contribution is 0.167. The first-order chi connectivity index (χ1) is 9.97. The zero-order chi connectivity index (χ0) is 15.0. The molecule has 2 aliphatic carbocycles. The summed E-state index contributed by atoms with van der Waals surface area (Å²) in [5, 5.41) is 3.21. The molecule has 0 saturated heterocycles. The van der Waals surface area contributed by atoms with Crippen LogP contribution < -0.4 is 5.32 Å². The lowest BCUT2D eigenvalue weighted by Gasteiger charge is -2.36. The highest BCUT2D eigenvalue weighted by molar-refractivity contribution is 5.37. The molecule has 3 heteroatoms. The summed E-state index contributed by atoms with van der Waals surface area (Å²) >= 11 is 0. The van der Waals surface area contributed by atoms with Crippen molar-refractivity contribution in [1.82, 2.24) is 9.97 Å². The average Bonchev–Trinajstić information content (AvgIpc) is 3.30. The summed E-state index contributed by atoms with van der Waals surface area (Å²) in [6, 6.07) is 2.14. The highest BCUT2D eigenvalue weighted by Crippen LogP contribution is 2.44. The number of hydrogen-bond donors (Lipinski definition) is 1. The van der Waals surface area contributed by atoms with Crippen molar-refractivity contribution in [1.29, 1.82) is 0 Å². The van der Waals surface area contributed by atoms with E-state index in [4.69, 9.17) is 9.97 Å². The van der Waals surface area contributed by atoms with E-state index in [9.17, 15) is 0 Å². The van der Waals surface area contributed by atoms with E-state index in [0.29, 0.717) is 17.3 Å². The van der Waals surface area contributed by atoms with Crippen molar-refractivity contribution < 1.29 is 0 Å². The van der Waals surface area contributed by atoms with Gasteiger partial charge in [0.15, 0.2) is 0 Å². The molecule has 2 fully saturated rings. The Kier molecular flexibility index (Phi) is 3.94. The maximum atomic E-state index is 4.90. The van der Waals surface area contributed by atoms with Gasteiger partial charge in [0.2, 0.25) is 0 Å². The van der Waals surface area contributed by atoms with Gasteiger partial charge in [-0.05, 0) is 49.9 Å². The molecule has 2 saturated carbocycles. The molecule has 21 heavy (non-hydrogen) atoms. The number of anilines is 1. The van der Waals surface area contributed by atoms with Gasteiger partial charge in [0.05, 0.1) is 0 Å². The second-order valence-electron chi connectivity index (χ2n) is 7.98. The van der Waals surface area contributed by atoms with Gasteiger partial charge in [-0.2, -0.15) is 0 Å². The van der Waals surface area contributed by atoms with Crippen molar-refractivity contribution in [2.75, 3.05) is 12.4 Å². The molecule has 0 radical (unpaired) electrons. The minimum atomic E-state index is 0.442. The summed E-state index contributed by atoms with van der Waals surface area (Å²) in [6.07, 6.45) is 7.74. The topological polar surface area (TPSA) is 37.8 Å². The first-order valence-electron chi connectivity index (χ1n) is 8.54. The van der Waals surface area contributed by atoms with E-state index < -0.39 is 0 Å². The fourth-order valence-corrected chi connectivity index (χ4v) is 3.60. The fourth-order valence-electron chi connectivity index (χ4n) is 3.60. The van der Waals surface area contributed by atoms with E-state index in [1.807, 2.05) is 7.05 Å². The van der Waals surface area contributed by atoms with Crippen LogP contribution in [0.4, 0.5) is 5.82 Å². The third kappa shape index (κ3) is 3.38. The quantitative estimate of drug-likeness (QED) is 0.874. The molecule has 0 unspecified atom stereocenters. The monoisotopic (exact) mass is 287 g/mol. The van der Waals surface area contributed by atoms with Gasteiger partial charge in [0.25, 0.3) is 0 Å². The van der Waals surface area contributed by atoms with E-state index in [2.05, 4.69) is 32.2 Å². The Morgan fingerprint density at radius 1 is 0.952 bits per heavy atom. The predicted molar refractivity (Wildman–Crippen MR) is 87.7 cm³/mol. The summed E-state index contributed by atoms with van der Waals surface area (Å²) in [5.74, 6) is 4.21. The number of rotatable bonds is 3. The molecule has 3 nitrogen and oxygen atoms in total. The molecule has 0 bridgehead atoms. The van der Waals surface area contributed by atoms with Gasteiger partial charge in [-0.15, -0.1) is 0 Å². The SMILES string of the molecule is CNc1cc(C2CC2)nc(C2CCC(C(C)(C)C)CC2)n1. The van der Waals surface area contributed by atoms with Gasteiger partial charge in [-0.25, -0.2) is 9.97 Å². The largest absolute Gasteiger partial charge is 0.373 e. The molecule has 0 aromatic carbocycles. The van der Waals surface area contributed by atoms with E-state index in [1.54, 1.807) is 0 Å². The average molecular weight is 287 g/mol. The van der Waals surface area contributed by atoms with Crippen LogP contribution in [0.2, 0.25) is 0 Å². The molecular weight excluding hydrogens is 258 g/mol. The highest BCUT2D eigenvalue weighted by Gasteiger charge is 2.32. The van der Waals surface area contributed by atoms with Gasteiger partial charge < -0.3 is 5.32 Å². The second kappa shape index (κ2) is 5.58. The van der Waals surface area contributed by atoms with Gasteiger partial charge in [-0.1, -0.05) is 20.8 Å². The van der Waals surface area contributed by atoms with Crippen molar-refractivity contribution in [2.24, 2.45) is 11.3 Å². The molecule has 1 heterocycles. The Balaban J connectivity index is 1.74. The zero-order valence-electron chi connectivity index (χ0n) is 13.9. The number of aromatic nitrogens is 2. The Morgan fingerprint density at radius 3 is 2.10 bits per heavy atom. The molecule has 1 aromatic heterocycles. The lowest BCUT2D eigenvalue weighted by atomic mass is 9.69. The van der Waals surface area contributed by atoms with Crippen LogP contribution in [-0.4, -0.2) is 17.0 Å². The summed E-state index contributed by atoms with van der Waals surface area (Å²) in [7, 11) is 1.96. The van der Waals surface area contributed by atoms with Crippen molar-refractivity contribution >= 4 is 5.82 Å². The number of hydrogen-bond acceptors (Lipinski definition) is 3. The summed E-state index contributed by atoms with van der Waals surface area (Å²) in [4.78, 5) is 9.65. The van der Waals surface area contributed by atoms with Crippen LogP contribution in [0.5, 0.6) is 0 Å². The Bertz CT molecular complexity index is 492. The Labute approximate surface area is 129 Å². The molecular formula is C18H29N3. The Hall–Kier alpha value is -1.12. The van der Waals surface area contributed by atoms with Crippen LogP contribution in [0.3, 0.4) is 0 Å². The molecule has 0 amide bonds. The van der Waals surface area contributed by atoms with Crippen LogP contribution in [0, 0.1) is 11.3 Å². The molecule has 0 spiro atoms. The molecule has 0 aliphatic heterocycles. The minimum Gasteiger partial charge on any atom is -0.373 e. The van der Waals surface area contributed by atoms with Crippen molar-refractivity contribution in [3.05, 3.63) is 17.6 Å². The Morgan fingerprint density at radius 2 is 1.57 bits per heavy atom. The van der Waals surface area contributed by atoms with Gasteiger partial charge in [0.1, 0.15) is 11.6 Å². The number of nitrogens with zero attached hydrogens (tertiary/aromatic N) is 2. The van der Waals surface area contributed by atoms with E-state index >= 15 is 0 Å². The maximum absolute atomic E-state index is 4.90. The van der Waals surface area contributed by atoms with E-state index in [1.165, 1.54) is 44.2 Å². The van der Waals surface area contributed by atoms with Gasteiger partial charge >= 0.3 is 0 Å². The molecule has 0 atom stereocenters. The van der Waals surface area contributed by atoms with Crippen LogP contribution >= 0.6 is 0 Å². The third-order valence-corrected chi connectivity index (χ3v) is 5.33. The normalized spacial score (nSPS) is 26.7. The van der Waals surface area contributed by atoms with Gasteiger partial charge in [0, 0.05) is 30.6 Å². The zero-order valence-corrected chi connectivity index (χ0v) is 13.9. The summed E-state index contributed by atoms with van der Waals surface area (Å²) < 4.78 is 0. The predicted octanol–water partition coefficient (Wildman–Crippen LogP) is 4.72. The lowest BCUT2D eigenvalue weighted by Crippen LogP contribution is -2.26. The van der Waals surface area contributed by atoms with Crippen LogP contribution in [0.25, 0.3) is 0 Å². The summed E-state index contributed by atoms with van der Waals surface area (Å²) in [5.41, 5.74) is 1.71. The first-order valence-corrected chi connectivity index (χ1v) is 8.54. The standard InChI is InChI=1S/C18H29N3/c1-18(2,3)14-9-7-13(8-10-14)17-20-15(12-5-6-12)11-16(19-4)21-17/h11-14H,5-10H2,1-4H3,(H,19,20,21). The second-order valence-corrected chi connectivity index (χ2v) is 7.98. The van der Waals surface area contributed by atoms with Crippen LogP contribution in [0.15, 0.2) is 6.07 Å². The van der Waals surface area contributed by atoms with Gasteiger partial charge in [-0.3, -0.25) is 0 Å². The minimum absolute atomic E-state index is 0.442. The molecule has 116 valence electrons. The van der Waals surface area contributed by atoms with Crippen LogP contribution in [-0.2, 0) is 0 Å². The van der Waals surface area contributed by atoms with Crippen molar-refractivity contribution in [3.63, 3.8) is 0 Å². The molecule has 1 aromatic rings. The maximum Gasteiger partial charge on any atom is 0.134 e.